The number of hydrogen-bond donors (Lipinski definition) is 1. The third kappa shape index (κ3) is 5.64. The van der Waals surface area contributed by atoms with Crippen LogP contribution in [-0.2, 0) is 0 Å². The topological polar surface area (TPSA) is 20.2 Å². The molecular weight excluding hydrogens is 283 g/mol. The second kappa shape index (κ2) is 7.83. The number of hydrogen-bond acceptors (Lipinski definition) is 1. The van der Waals surface area contributed by atoms with Crippen molar-refractivity contribution in [1.82, 2.24) is 0 Å². The van der Waals surface area contributed by atoms with Crippen LogP contribution >= 0.6 is 15.9 Å². The van der Waals surface area contributed by atoms with Crippen LogP contribution in [-0.4, -0.2) is 5.11 Å². The van der Waals surface area contributed by atoms with Crippen LogP contribution in [0.3, 0.4) is 0 Å². The molecular formula is C14H20BrFO. The molecule has 0 spiro atoms. The van der Waals surface area contributed by atoms with Gasteiger partial charge in [0, 0.05) is 4.47 Å². The lowest BCUT2D eigenvalue weighted by Crippen LogP contribution is -1.98. The largest absolute Gasteiger partial charge is 0.388 e. The molecule has 0 saturated carbocycles. The van der Waals surface area contributed by atoms with Gasteiger partial charge in [-0.05, 0) is 30.2 Å². The molecule has 1 nitrogen and oxygen atoms in total. The van der Waals surface area contributed by atoms with Crippen molar-refractivity contribution in [2.45, 2.75) is 51.6 Å². The van der Waals surface area contributed by atoms with Crippen molar-refractivity contribution in [2.24, 2.45) is 0 Å². The van der Waals surface area contributed by atoms with E-state index in [2.05, 4.69) is 22.9 Å². The first-order valence-electron chi connectivity index (χ1n) is 6.27. The fraction of sp³-hybridized carbons (Fsp3) is 0.571. The molecule has 0 radical (unpaired) electrons. The minimum Gasteiger partial charge on any atom is -0.388 e. The highest BCUT2D eigenvalue weighted by molar-refractivity contribution is 9.10. The standard InChI is InChI=1S/C14H20BrFO/c1-2-3-4-5-6-7-14(17)11-8-12(15)10-13(16)9-11/h8-10,14,17H,2-7H2,1H3. The van der Waals surface area contributed by atoms with Gasteiger partial charge in [0.2, 0.25) is 0 Å². The smallest absolute Gasteiger partial charge is 0.124 e. The van der Waals surface area contributed by atoms with Gasteiger partial charge in [-0.3, -0.25) is 0 Å². The lowest BCUT2D eigenvalue weighted by Gasteiger charge is -2.11. The minimum atomic E-state index is -0.552. The van der Waals surface area contributed by atoms with Crippen LogP contribution in [0.2, 0.25) is 0 Å². The Balaban J connectivity index is 2.38. The van der Waals surface area contributed by atoms with Crippen molar-refractivity contribution >= 4 is 15.9 Å². The Hall–Kier alpha value is -0.410. The third-order valence-electron chi connectivity index (χ3n) is 2.85. The molecule has 0 bridgehead atoms. The number of aliphatic hydroxyl groups excluding tert-OH is 1. The molecule has 0 aliphatic carbocycles. The SMILES string of the molecule is CCCCCCCC(O)c1cc(F)cc(Br)c1. The van der Waals surface area contributed by atoms with Gasteiger partial charge in [-0.15, -0.1) is 0 Å². The van der Waals surface area contributed by atoms with Gasteiger partial charge in [0.25, 0.3) is 0 Å². The first kappa shape index (κ1) is 14.7. The normalized spacial score (nSPS) is 12.7. The Morgan fingerprint density at radius 3 is 2.53 bits per heavy atom. The van der Waals surface area contributed by atoms with Crippen LogP contribution in [0.25, 0.3) is 0 Å². The van der Waals surface area contributed by atoms with Gasteiger partial charge < -0.3 is 5.11 Å². The van der Waals surface area contributed by atoms with Gasteiger partial charge in [0.15, 0.2) is 0 Å². The molecule has 0 saturated heterocycles. The van der Waals surface area contributed by atoms with Gasteiger partial charge in [-0.1, -0.05) is 55.0 Å². The van der Waals surface area contributed by atoms with Crippen molar-refractivity contribution in [3.8, 4) is 0 Å². The van der Waals surface area contributed by atoms with E-state index in [1.54, 1.807) is 6.07 Å². The van der Waals surface area contributed by atoms with Gasteiger partial charge in [0.05, 0.1) is 6.10 Å². The van der Waals surface area contributed by atoms with Crippen molar-refractivity contribution < 1.29 is 9.50 Å². The Morgan fingerprint density at radius 1 is 1.18 bits per heavy atom. The Kier molecular flexibility index (Phi) is 6.75. The monoisotopic (exact) mass is 302 g/mol. The number of benzene rings is 1. The van der Waals surface area contributed by atoms with E-state index in [-0.39, 0.29) is 5.82 Å². The van der Waals surface area contributed by atoms with Crippen LogP contribution in [0.1, 0.15) is 57.1 Å². The molecule has 3 heteroatoms. The summed E-state index contributed by atoms with van der Waals surface area (Å²) < 4.78 is 13.8. The molecule has 17 heavy (non-hydrogen) atoms. The Bertz CT molecular complexity index is 321. The van der Waals surface area contributed by atoms with Crippen LogP contribution in [0.5, 0.6) is 0 Å². The maximum absolute atomic E-state index is 13.1. The molecule has 1 aromatic rings. The summed E-state index contributed by atoms with van der Waals surface area (Å²) in [4.78, 5) is 0. The van der Waals surface area contributed by atoms with E-state index in [9.17, 15) is 9.50 Å². The summed E-state index contributed by atoms with van der Waals surface area (Å²) >= 11 is 3.23. The Labute approximate surface area is 111 Å². The van der Waals surface area contributed by atoms with E-state index >= 15 is 0 Å². The van der Waals surface area contributed by atoms with Crippen molar-refractivity contribution in [1.29, 1.82) is 0 Å². The second-order valence-corrected chi connectivity index (χ2v) is 5.34. The van der Waals surface area contributed by atoms with E-state index in [4.69, 9.17) is 0 Å². The summed E-state index contributed by atoms with van der Waals surface area (Å²) in [6.45, 7) is 2.18. The van der Waals surface area contributed by atoms with E-state index < -0.39 is 6.10 Å². The van der Waals surface area contributed by atoms with Crippen LogP contribution in [0, 0.1) is 5.82 Å². The minimum absolute atomic E-state index is 0.306. The number of rotatable bonds is 7. The zero-order valence-electron chi connectivity index (χ0n) is 10.3. The van der Waals surface area contributed by atoms with E-state index in [0.29, 0.717) is 16.5 Å². The molecule has 0 aliphatic rings. The summed E-state index contributed by atoms with van der Waals surface area (Å²) in [6.07, 6.45) is 5.98. The molecule has 1 atom stereocenters. The fourth-order valence-corrected chi connectivity index (χ4v) is 2.36. The van der Waals surface area contributed by atoms with Crippen molar-refractivity contribution in [3.05, 3.63) is 34.1 Å². The molecule has 1 unspecified atom stereocenters. The van der Waals surface area contributed by atoms with Crippen molar-refractivity contribution in [3.63, 3.8) is 0 Å². The van der Waals surface area contributed by atoms with E-state index in [1.807, 2.05) is 0 Å². The van der Waals surface area contributed by atoms with Gasteiger partial charge in [-0.25, -0.2) is 4.39 Å². The molecule has 0 aliphatic heterocycles. The molecule has 1 N–H and O–H groups in total. The second-order valence-electron chi connectivity index (χ2n) is 4.42. The molecule has 0 amide bonds. The van der Waals surface area contributed by atoms with Gasteiger partial charge in [-0.2, -0.15) is 0 Å². The number of aliphatic hydroxyl groups is 1. The Morgan fingerprint density at radius 2 is 1.88 bits per heavy atom. The highest BCUT2D eigenvalue weighted by Crippen LogP contribution is 2.24. The average molecular weight is 303 g/mol. The first-order chi connectivity index (χ1) is 8.13. The zero-order valence-corrected chi connectivity index (χ0v) is 11.8. The highest BCUT2D eigenvalue weighted by atomic mass is 79.9. The maximum atomic E-state index is 13.1. The summed E-state index contributed by atoms with van der Waals surface area (Å²) in [5, 5.41) is 9.94. The molecule has 1 aromatic carbocycles. The van der Waals surface area contributed by atoms with E-state index in [0.717, 1.165) is 12.8 Å². The highest BCUT2D eigenvalue weighted by Gasteiger charge is 2.09. The first-order valence-corrected chi connectivity index (χ1v) is 7.07. The fourth-order valence-electron chi connectivity index (χ4n) is 1.88. The summed E-state index contributed by atoms with van der Waals surface area (Å²) in [5.74, 6) is -0.306. The third-order valence-corrected chi connectivity index (χ3v) is 3.31. The molecule has 0 heterocycles. The molecule has 0 fully saturated rings. The predicted molar refractivity (Wildman–Crippen MR) is 72.4 cm³/mol. The summed E-state index contributed by atoms with van der Waals surface area (Å²) in [5.41, 5.74) is 0.660. The summed E-state index contributed by atoms with van der Waals surface area (Å²) in [6, 6.07) is 4.58. The lowest BCUT2D eigenvalue weighted by molar-refractivity contribution is 0.163. The van der Waals surface area contributed by atoms with Crippen LogP contribution < -0.4 is 0 Å². The zero-order chi connectivity index (χ0) is 12.7. The van der Waals surface area contributed by atoms with Crippen molar-refractivity contribution in [2.75, 3.05) is 0 Å². The molecule has 0 aromatic heterocycles. The molecule has 96 valence electrons. The van der Waals surface area contributed by atoms with Crippen LogP contribution in [0.4, 0.5) is 4.39 Å². The maximum Gasteiger partial charge on any atom is 0.124 e. The molecule has 1 rings (SSSR count). The average Bonchev–Trinajstić information content (AvgIpc) is 2.27. The number of unbranched alkanes of at least 4 members (excludes halogenated alkanes) is 4. The summed E-state index contributed by atoms with van der Waals surface area (Å²) in [7, 11) is 0. The lowest BCUT2D eigenvalue weighted by atomic mass is 10.0. The predicted octanol–water partition coefficient (Wildman–Crippen LogP) is 4.98. The van der Waals surface area contributed by atoms with E-state index in [1.165, 1.54) is 31.4 Å². The van der Waals surface area contributed by atoms with Gasteiger partial charge in [0.1, 0.15) is 5.82 Å². The number of halogens is 2. The van der Waals surface area contributed by atoms with Crippen LogP contribution in [0.15, 0.2) is 22.7 Å². The quantitative estimate of drug-likeness (QED) is 0.704. The van der Waals surface area contributed by atoms with Gasteiger partial charge >= 0.3 is 0 Å².